The van der Waals surface area contributed by atoms with Crippen LogP contribution in [0.5, 0.6) is 0 Å². The molecule has 4 nitrogen and oxygen atoms in total. The molecule has 1 fully saturated rings. The number of alkyl halides is 3. The van der Waals surface area contributed by atoms with Crippen molar-refractivity contribution in [3.05, 3.63) is 0 Å². The molecule has 0 radical (unpaired) electrons. The number of carboxylic acid groups (broad SMARTS) is 1. The second-order valence-corrected chi connectivity index (χ2v) is 3.27. The maximum atomic E-state index is 12.4. The van der Waals surface area contributed by atoms with E-state index in [2.05, 4.69) is 5.32 Å². The molecule has 1 saturated heterocycles. The minimum Gasteiger partial charge on any atom is -0.465 e. The quantitative estimate of drug-likeness (QED) is 0.674. The van der Waals surface area contributed by atoms with Gasteiger partial charge in [-0.3, -0.25) is 0 Å². The zero-order valence-corrected chi connectivity index (χ0v) is 7.51. The molecule has 2 N–H and O–H groups in total. The van der Waals surface area contributed by atoms with Gasteiger partial charge in [0, 0.05) is 20.1 Å². The first-order valence-electron chi connectivity index (χ1n) is 4.07. The molecule has 1 amide bonds. The van der Waals surface area contributed by atoms with E-state index in [0.717, 1.165) is 7.05 Å². The van der Waals surface area contributed by atoms with Crippen molar-refractivity contribution in [2.75, 3.05) is 20.1 Å². The second kappa shape index (κ2) is 3.64. The summed E-state index contributed by atoms with van der Waals surface area (Å²) in [6.45, 7) is -0.168. The van der Waals surface area contributed by atoms with E-state index in [-0.39, 0.29) is 13.1 Å². The second-order valence-electron chi connectivity index (χ2n) is 3.27. The van der Waals surface area contributed by atoms with Crippen LogP contribution in [0.15, 0.2) is 0 Å². The van der Waals surface area contributed by atoms with Crippen LogP contribution in [0.4, 0.5) is 18.0 Å². The first-order valence-corrected chi connectivity index (χ1v) is 4.07. The largest absolute Gasteiger partial charge is 0.465 e. The van der Waals surface area contributed by atoms with E-state index in [9.17, 15) is 18.0 Å². The zero-order valence-electron chi connectivity index (χ0n) is 7.51. The summed E-state index contributed by atoms with van der Waals surface area (Å²) >= 11 is 0. The van der Waals surface area contributed by atoms with E-state index in [4.69, 9.17) is 5.11 Å². The van der Waals surface area contributed by atoms with Crippen LogP contribution in [0.3, 0.4) is 0 Å². The van der Waals surface area contributed by atoms with Gasteiger partial charge in [-0.05, 0) is 0 Å². The number of carbonyl (C=O) groups is 1. The molecule has 0 saturated carbocycles. The highest BCUT2D eigenvalue weighted by molar-refractivity contribution is 5.65. The SMILES string of the molecule is CN(C(=O)O)[C@@H]1CNC[C@@H]1C(F)(F)F. The molecule has 0 aromatic heterocycles. The molecule has 14 heavy (non-hydrogen) atoms. The Hall–Kier alpha value is -0.980. The molecule has 0 bridgehead atoms. The van der Waals surface area contributed by atoms with E-state index in [0.29, 0.717) is 4.90 Å². The maximum absolute atomic E-state index is 12.4. The smallest absolute Gasteiger partial charge is 0.407 e. The van der Waals surface area contributed by atoms with Gasteiger partial charge < -0.3 is 15.3 Å². The van der Waals surface area contributed by atoms with Gasteiger partial charge in [-0.25, -0.2) is 4.79 Å². The van der Waals surface area contributed by atoms with Crippen LogP contribution in [0.1, 0.15) is 0 Å². The Morgan fingerprint density at radius 1 is 1.50 bits per heavy atom. The highest BCUT2D eigenvalue weighted by atomic mass is 19.4. The fraction of sp³-hybridized carbons (Fsp3) is 0.857. The van der Waals surface area contributed by atoms with Crippen molar-refractivity contribution < 1.29 is 23.1 Å². The van der Waals surface area contributed by atoms with Crippen molar-refractivity contribution in [2.45, 2.75) is 12.2 Å². The third-order valence-corrected chi connectivity index (χ3v) is 2.40. The molecule has 2 atom stereocenters. The zero-order chi connectivity index (χ0) is 10.9. The van der Waals surface area contributed by atoms with Crippen LogP contribution in [-0.2, 0) is 0 Å². The lowest BCUT2D eigenvalue weighted by atomic mass is 10.0. The number of nitrogens with one attached hydrogen (secondary N) is 1. The molecule has 1 aliphatic rings. The van der Waals surface area contributed by atoms with Gasteiger partial charge >= 0.3 is 12.3 Å². The summed E-state index contributed by atoms with van der Waals surface area (Å²) in [6.07, 6.45) is -5.69. The molecule has 82 valence electrons. The minimum atomic E-state index is -4.35. The lowest BCUT2D eigenvalue weighted by Crippen LogP contribution is -2.45. The number of hydrogen-bond donors (Lipinski definition) is 2. The predicted octanol–water partition coefficient (Wildman–Crippen LogP) is 0.746. The average molecular weight is 212 g/mol. The lowest BCUT2D eigenvalue weighted by Gasteiger charge is -2.27. The number of hydrogen-bond acceptors (Lipinski definition) is 2. The molecule has 0 spiro atoms. The topological polar surface area (TPSA) is 52.6 Å². The fourth-order valence-corrected chi connectivity index (χ4v) is 1.55. The van der Waals surface area contributed by atoms with E-state index in [1.165, 1.54) is 0 Å². The van der Waals surface area contributed by atoms with Crippen LogP contribution in [0, 0.1) is 5.92 Å². The number of halogens is 3. The monoisotopic (exact) mass is 212 g/mol. The van der Waals surface area contributed by atoms with Crippen LogP contribution >= 0.6 is 0 Å². The summed E-state index contributed by atoms with van der Waals surface area (Å²) in [5, 5.41) is 11.1. The summed E-state index contributed by atoms with van der Waals surface area (Å²) in [7, 11) is 1.15. The molecule has 0 aromatic carbocycles. The number of rotatable bonds is 1. The molecule has 0 aromatic rings. The Kier molecular flexibility index (Phi) is 2.89. The van der Waals surface area contributed by atoms with Crippen LogP contribution in [0.2, 0.25) is 0 Å². The van der Waals surface area contributed by atoms with Gasteiger partial charge in [-0.2, -0.15) is 13.2 Å². The van der Waals surface area contributed by atoms with Crippen molar-refractivity contribution in [3.8, 4) is 0 Å². The van der Waals surface area contributed by atoms with E-state index >= 15 is 0 Å². The summed E-state index contributed by atoms with van der Waals surface area (Å²) in [5.74, 6) is -1.61. The summed E-state index contributed by atoms with van der Waals surface area (Å²) < 4.78 is 37.1. The minimum absolute atomic E-state index is 0.0486. The molecule has 1 aliphatic heterocycles. The summed E-state index contributed by atoms with van der Waals surface area (Å²) in [6, 6.07) is -1.02. The van der Waals surface area contributed by atoms with E-state index < -0.39 is 24.2 Å². The molecule has 0 unspecified atom stereocenters. The Labute approximate surface area is 78.7 Å². The van der Waals surface area contributed by atoms with Crippen molar-refractivity contribution in [1.29, 1.82) is 0 Å². The summed E-state index contributed by atoms with van der Waals surface area (Å²) in [5.41, 5.74) is 0. The van der Waals surface area contributed by atoms with Gasteiger partial charge in [0.2, 0.25) is 0 Å². The van der Waals surface area contributed by atoms with Crippen LogP contribution in [-0.4, -0.2) is 48.5 Å². The highest BCUT2D eigenvalue weighted by Gasteiger charge is 2.49. The van der Waals surface area contributed by atoms with Crippen LogP contribution in [0.25, 0.3) is 0 Å². The fourth-order valence-electron chi connectivity index (χ4n) is 1.55. The Morgan fingerprint density at radius 2 is 2.07 bits per heavy atom. The van der Waals surface area contributed by atoms with Gasteiger partial charge in [0.15, 0.2) is 0 Å². The third kappa shape index (κ3) is 2.09. The molecule has 1 heterocycles. The number of likely N-dealkylation sites (N-methyl/N-ethyl adjacent to an activating group) is 1. The number of nitrogens with zero attached hydrogens (tertiary/aromatic N) is 1. The Morgan fingerprint density at radius 3 is 2.50 bits per heavy atom. The molecule has 0 aliphatic carbocycles. The van der Waals surface area contributed by atoms with E-state index in [1.54, 1.807) is 0 Å². The highest BCUT2D eigenvalue weighted by Crippen LogP contribution is 2.32. The predicted molar refractivity (Wildman–Crippen MR) is 42.0 cm³/mol. The first kappa shape index (κ1) is 11.1. The summed E-state index contributed by atoms with van der Waals surface area (Å²) in [4.78, 5) is 11.2. The van der Waals surface area contributed by atoms with Gasteiger partial charge in [-0.15, -0.1) is 0 Å². The normalized spacial score (nSPS) is 27.7. The van der Waals surface area contributed by atoms with Crippen molar-refractivity contribution in [3.63, 3.8) is 0 Å². The maximum Gasteiger partial charge on any atom is 0.407 e. The van der Waals surface area contributed by atoms with Gasteiger partial charge in [-0.1, -0.05) is 0 Å². The van der Waals surface area contributed by atoms with Crippen molar-refractivity contribution in [1.82, 2.24) is 10.2 Å². The molecular weight excluding hydrogens is 201 g/mol. The Balaban J connectivity index is 2.74. The average Bonchev–Trinajstić information content (AvgIpc) is 2.48. The third-order valence-electron chi connectivity index (χ3n) is 2.40. The lowest BCUT2D eigenvalue weighted by molar-refractivity contribution is -0.179. The molecule has 7 heteroatoms. The number of amides is 1. The molecular formula is C7H11F3N2O2. The van der Waals surface area contributed by atoms with E-state index in [1.807, 2.05) is 0 Å². The molecule has 1 rings (SSSR count). The first-order chi connectivity index (χ1) is 6.34. The van der Waals surface area contributed by atoms with Crippen molar-refractivity contribution >= 4 is 6.09 Å². The van der Waals surface area contributed by atoms with Crippen molar-refractivity contribution in [2.24, 2.45) is 5.92 Å². The van der Waals surface area contributed by atoms with Gasteiger partial charge in [0.25, 0.3) is 0 Å². The van der Waals surface area contributed by atoms with Gasteiger partial charge in [0.05, 0.1) is 12.0 Å². The Bertz CT molecular complexity index is 231. The van der Waals surface area contributed by atoms with Gasteiger partial charge in [0.1, 0.15) is 0 Å². The standard InChI is InChI=1S/C7H11F3N2O2/c1-12(6(13)14)5-3-11-2-4(5)7(8,9)10/h4-5,11H,2-3H2,1H3,(H,13,14)/t4-,5+/m0/s1. The van der Waals surface area contributed by atoms with Crippen LogP contribution < -0.4 is 5.32 Å².